The summed E-state index contributed by atoms with van der Waals surface area (Å²) in [6.07, 6.45) is 1.56. The van der Waals surface area contributed by atoms with E-state index in [2.05, 4.69) is 47.9 Å². The van der Waals surface area contributed by atoms with Crippen LogP contribution in [0.3, 0.4) is 0 Å². The van der Waals surface area contributed by atoms with Gasteiger partial charge in [0.1, 0.15) is 17.8 Å². The van der Waals surface area contributed by atoms with Crippen molar-refractivity contribution in [3.8, 4) is 5.75 Å². The van der Waals surface area contributed by atoms with Crippen LogP contribution in [0.25, 0.3) is 0 Å². The lowest BCUT2D eigenvalue weighted by molar-refractivity contribution is 0.415. The molecular weight excluding hydrogens is 314 g/mol. The molecule has 2 rings (SSSR count). The molecule has 0 saturated heterocycles. The highest BCUT2D eigenvalue weighted by Gasteiger charge is 2.17. The molecule has 0 saturated carbocycles. The Morgan fingerprint density at radius 1 is 1.04 bits per heavy atom. The van der Waals surface area contributed by atoms with Crippen molar-refractivity contribution in [3.63, 3.8) is 0 Å². The molecule has 0 aliphatic heterocycles. The van der Waals surface area contributed by atoms with Crippen LogP contribution in [0.5, 0.6) is 5.75 Å². The van der Waals surface area contributed by atoms with Gasteiger partial charge in [0.25, 0.3) is 0 Å². The summed E-state index contributed by atoms with van der Waals surface area (Å²) in [6, 6.07) is 7.65. The molecule has 6 nitrogen and oxygen atoms in total. The maximum atomic E-state index is 6.39. The van der Waals surface area contributed by atoms with E-state index in [1.165, 1.54) is 0 Å². The smallest absolute Gasteiger partial charge is 0.159 e. The van der Waals surface area contributed by atoms with Gasteiger partial charge in [0.15, 0.2) is 11.6 Å². The molecule has 1 aromatic heterocycles. The Hall–Kier alpha value is -2.50. The minimum atomic E-state index is 0.520. The minimum absolute atomic E-state index is 0.520. The van der Waals surface area contributed by atoms with Crippen molar-refractivity contribution in [1.29, 1.82) is 0 Å². The largest absolute Gasteiger partial charge is 0.497 e. The first-order valence-electron chi connectivity index (χ1n) is 8.67. The lowest BCUT2D eigenvalue weighted by atomic mass is 10.1. The average Bonchev–Trinajstić information content (AvgIpc) is 2.56. The lowest BCUT2D eigenvalue weighted by Crippen LogP contribution is -2.32. The third-order valence-electron chi connectivity index (χ3n) is 3.69. The monoisotopic (exact) mass is 343 g/mol. The van der Waals surface area contributed by atoms with E-state index >= 15 is 0 Å². The predicted molar refractivity (Wildman–Crippen MR) is 105 cm³/mol. The molecule has 0 aliphatic rings. The molecule has 1 aromatic carbocycles. The number of nitrogen functional groups attached to an aromatic ring is 1. The molecule has 25 heavy (non-hydrogen) atoms. The van der Waals surface area contributed by atoms with Crippen LogP contribution in [0.15, 0.2) is 30.6 Å². The van der Waals surface area contributed by atoms with Crippen molar-refractivity contribution in [1.82, 2.24) is 9.97 Å². The first-order chi connectivity index (χ1) is 11.9. The van der Waals surface area contributed by atoms with Crippen LogP contribution in [0, 0.1) is 11.8 Å². The molecule has 6 heteroatoms. The molecule has 0 unspecified atom stereocenters. The quantitative estimate of drug-likeness (QED) is 0.756. The third-order valence-corrected chi connectivity index (χ3v) is 3.69. The van der Waals surface area contributed by atoms with E-state index in [1.807, 2.05) is 24.3 Å². The SMILES string of the molecule is COc1ccc(Nc2ncnc(N(CC(C)C)CC(C)C)c2N)cc1. The average molecular weight is 343 g/mol. The van der Waals surface area contributed by atoms with Gasteiger partial charge < -0.3 is 20.7 Å². The Morgan fingerprint density at radius 3 is 2.16 bits per heavy atom. The maximum absolute atomic E-state index is 6.39. The molecule has 2 aromatic rings. The normalized spacial score (nSPS) is 11.0. The first kappa shape index (κ1) is 18.8. The van der Waals surface area contributed by atoms with Crippen LogP contribution >= 0.6 is 0 Å². The lowest BCUT2D eigenvalue weighted by Gasteiger charge is -2.28. The Balaban J connectivity index is 2.26. The van der Waals surface area contributed by atoms with Gasteiger partial charge in [-0.1, -0.05) is 27.7 Å². The number of hydrogen-bond acceptors (Lipinski definition) is 6. The van der Waals surface area contributed by atoms with E-state index in [0.29, 0.717) is 23.3 Å². The van der Waals surface area contributed by atoms with Crippen molar-refractivity contribution in [2.45, 2.75) is 27.7 Å². The number of benzene rings is 1. The Kier molecular flexibility index (Phi) is 6.44. The van der Waals surface area contributed by atoms with Gasteiger partial charge in [0, 0.05) is 18.8 Å². The van der Waals surface area contributed by atoms with Gasteiger partial charge >= 0.3 is 0 Å². The summed E-state index contributed by atoms with van der Waals surface area (Å²) in [4.78, 5) is 11.0. The topological polar surface area (TPSA) is 76.3 Å². The summed E-state index contributed by atoms with van der Waals surface area (Å²) in [7, 11) is 1.65. The second-order valence-corrected chi connectivity index (χ2v) is 7.01. The Labute approximate surface area is 150 Å². The molecular formula is C19H29N5O. The van der Waals surface area contributed by atoms with E-state index in [1.54, 1.807) is 13.4 Å². The van der Waals surface area contributed by atoms with Crippen LogP contribution in [0.2, 0.25) is 0 Å². The zero-order chi connectivity index (χ0) is 18.4. The van der Waals surface area contributed by atoms with Crippen LogP contribution in [0.1, 0.15) is 27.7 Å². The molecule has 0 aliphatic carbocycles. The molecule has 0 amide bonds. The number of methoxy groups -OCH3 is 1. The van der Waals surface area contributed by atoms with Gasteiger partial charge in [0.2, 0.25) is 0 Å². The zero-order valence-electron chi connectivity index (χ0n) is 15.8. The van der Waals surface area contributed by atoms with Gasteiger partial charge in [-0.25, -0.2) is 9.97 Å². The van der Waals surface area contributed by atoms with Crippen LogP contribution in [0.4, 0.5) is 23.0 Å². The second kappa shape index (κ2) is 8.55. The van der Waals surface area contributed by atoms with Crippen molar-refractivity contribution in [3.05, 3.63) is 30.6 Å². The number of ether oxygens (including phenoxy) is 1. The van der Waals surface area contributed by atoms with E-state index in [9.17, 15) is 0 Å². The van der Waals surface area contributed by atoms with Crippen molar-refractivity contribution >= 4 is 23.0 Å². The van der Waals surface area contributed by atoms with Gasteiger partial charge in [-0.05, 0) is 36.1 Å². The molecule has 0 spiro atoms. The highest BCUT2D eigenvalue weighted by atomic mass is 16.5. The summed E-state index contributed by atoms with van der Waals surface area (Å²) in [5.41, 5.74) is 7.85. The van der Waals surface area contributed by atoms with Gasteiger partial charge in [-0.3, -0.25) is 0 Å². The number of hydrogen-bond donors (Lipinski definition) is 2. The fraction of sp³-hybridized carbons (Fsp3) is 0.474. The van der Waals surface area contributed by atoms with E-state index < -0.39 is 0 Å². The molecule has 0 radical (unpaired) electrons. The molecule has 0 bridgehead atoms. The fourth-order valence-electron chi connectivity index (χ4n) is 2.68. The fourth-order valence-corrected chi connectivity index (χ4v) is 2.68. The maximum Gasteiger partial charge on any atom is 0.159 e. The van der Waals surface area contributed by atoms with Crippen LogP contribution in [-0.4, -0.2) is 30.2 Å². The highest BCUT2D eigenvalue weighted by molar-refractivity contribution is 5.78. The second-order valence-electron chi connectivity index (χ2n) is 7.01. The van der Waals surface area contributed by atoms with Crippen LogP contribution < -0.4 is 20.7 Å². The zero-order valence-corrected chi connectivity index (χ0v) is 15.8. The molecule has 0 fully saturated rings. The number of aromatic nitrogens is 2. The number of nitrogens with zero attached hydrogens (tertiary/aromatic N) is 3. The third kappa shape index (κ3) is 5.24. The molecule has 136 valence electrons. The summed E-state index contributed by atoms with van der Waals surface area (Å²) in [6.45, 7) is 10.6. The van der Waals surface area contributed by atoms with Crippen molar-refractivity contribution in [2.75, 3.05) is 36.1 Å². The Morgan fingerprint density at radius 2 is 1.64 bits per heavy atom. The molecule has 3 N–H and O–H groups in total. The molecule has 1 heterocycles. The highest BCUT2D eigenvalue weighted by Crippen LogP contribution is 2.30. The number of anilines is 4. The standard InChI is InChI=1S/C19H29N5O/c1-13(2)10-24(11-14(3)4)19-17(20)18(21-12-22-19)23-15-6-8-16(25-5)9-7-15/h6-9,12-14H,10-11,20H2,1-5H3,(H,21,22,23). The van der Waals surface area contributed by atoms with E-state index in [-0.39, 0.29) is 0 Å². The van der Waals surface area contributed by atoms with Crippen LogP contribution in [-0.2, 0) is 0 Å². The number of nitrogens with one attached hydrogen (secondary N) is 1. The molecule has 0 atom stereocenters. The predicted octanol–water partition coefficient (Wildman–Crippen LogP) is 3.93. The summed E-state index contributed by atoms with van der Waals surface area (Å²) in [5.74, 6) is 3.25. The van der Waals surface area contributed by atoms with Gasteiger partial charge in [-0.2, -0.15) is 0 Å². The van der Waals surface area contributed by atoms with Gasteiger partial charge in [0.05, 0.1) is 7.11 Å². The number of rotatable bonds is 8. The minimum Gasteiger partial charge on any atom is -0.497 e. The van der Waals surface area contributed by atoms with E-state index in [4.69, 9.17) is 10.5 Å². The van der Waals surface area contributed by atoms with Gasteiger partial charge in [-0.15, -0.1) is 0 Å². The van der Waals surface area contributed by atoms with E-state index in [0.717, 1.165) is 30.3 Å². The Bertz CT molecular complexity index is 660. The summed E-state index contributed by atoms with van der Waals surface area (Å²) >= 11 is 0. The first-order valence-corrected chi connectivity index (χ1v) is 8.67. The van der Waals surface area contributed by atoms with Crippen molar-refractivity contribution < 1.29 is 4.74 Å². The number of nitrogens with two attached hydrogens (primary N) is 1. The summed E-state index contributed by atoms with van der Waals surface area (Å²) < 4.78 is 5.18. The van der Waals surface area contributed by atoms with Crippen molar-refractivity contribution in [2.24, 2.45) is 11.8 Å². The summed E-state index contributed by atoms with van der Waals surface area (Å²) in [5, 5.41) is 3.27.